The number of nitrogens with zero attached hydrogens (tertiary/aromatic N) is 2. The summed E-state index contributed by atoms with van der Waals surface area (Å²) in [6, 6.07) is 32.1. The summed E-state index contributed by atoms with van der Waals surface area (Å²) in [5.74, 6) is 0.277. The Kier molecular flexibility index (Phi) is 6.70. The fourth-order valence-corrected chi connectivity index (χ4v) is 5.25. The Morgan fingerprint density at radius 2 is 1.45 bits per heavy atom. The van der Waals surface area contributed by atoms with Gasteiger partial charge < -0.3 is 15.0 Å². The maximum absolute atomic E-state index is 12.8. The molecule has 1 N–H and O–H groups in total. The highest BCUT2D eigenvalue weighted by Gasteiger charge is 2.40. The van der Waals surface area contributed by atoms with Crippen molar-refractivity contribution in [3.8, 4) is 0 Å². The fourth-order valence-electron chi connectivity index (χ4n) is 5.25. The first-order valence-corrected chi connectivity index (χ1v) is 11.8. The SMILES string of the molecule is O=C(OCc1ccccc1)N1CCN2[C@H](CNC[C@H]2C(c2ccccc2)c2ccccc2)C1. The Morgan fingerprint density at radius 3 is 2.09 bits per heavy atom. The van der Waals surface area contributed by atoms with Crippen LogP contribution >= 0.6 is 0 Å². The van der Waals surface area contributed by atoms with Gasteiger partial charge in [-0.2, -0.15) is 0 Å². The molecule has 2 saturated heterocycles. The molecule has 2 heterocycles. The van der Waals surface area contributed by atoms with E-state index in [1.54, 1.807) is 0 Å². The highest BCUT2D eigenvalue weighted by molar-refractivity contribution is 5.68. The van der Waals surface area contributed by atoms with Gasteiger partial charge in [-0.05, 0) is 16.7 Å². The lowest BCUT2D eigenvalue weighted by molar-refractivity contribution is 0.00851. The van der Waals surface area contributed by atoms with Crippen LogP contribution in [-0.2, 0) is 11.3 Å². The minimum absolute atomic E-state index is 0.219. The number of benzene rings is 3. The van der Waals surface area contributed by atoms with Crippen LogP contribution in [0.2, 0.25) is 0 Å². The second-order valence-corrected chi connectivity index (χ2v) is 8.90. The number of amides is 1. The Labute approximate surface area is 196 Å². The maximum atomic E-state index is 12.8. The number of nitrogens with one attached hydrogen (secondary N) is 1. The van der Waals surface area contributed by atoms with E-state index in [-0.39, 0.29) is 18.1 Å². The van der Waals surface area contributed by atoms with Crippen LogP contribution in [0.1, 0.15) is 22.6 Å². The van der Waals surface area contributed by atoms with E-state index < -0.39 is 0 Å². The Bertz CT molecular complexity index is 989. The van der Waals surface area contributed by atoms with Crippen molar-refractivity contribution in [1.29, 1.82) is 0 Å². The smallest absolute Gasteiger partial charge is 0.410 e. The highest BCUT2D eigenvalue weighted by Crippen LogP contribution is 2.34. The van der Waals surface area contributed by atoms with Gasteiger partial charge in [-0.1, -0.05) is 91.0 Å². The van der Waals surface area contributed by atoms with E-state index in [9.17, 15) is 4.79 Å². The molecule has 0 saturated carbocycles. The molecule has 2 aliphatic heterocycles. The van der Waals surface area contributed by atoms with Gasteiger partial charge in [-0.3, -0.25) is 4.90 Å². The standard InChI is InChI=1S/C28H31N3O2/c32-28(33-21-22-10-4-1-5-11-22)30-16-17-31-25(20-30)18-29-19-26(31)27(23-12-6-2-7-13-23)24-14-8-3-9-15-24/h1-15,25-27,29H,16-21H2/t25-,26+/m1/s1. The minimum Gasteiger partial charge on any atom is -0.445 e. The second-order valence-electron chi connectivity index (χ2n) is 8.90. The topological polar surface area (TPSA) is 44.8 Å². The van der Waals surface area contributed by atoms with Gasteiger partial charge >= 0.3 is 6.09 Å². The molecule has 33 heavy (non-hydrogen) atoms. The van der Waals surface area contributed by atoms with Gasteiger partial charge in [0, 0.05) is 50.7 Å². The number of carbonyl (C=O) groups excluding carboxylic acids is 1. The van der Waals surface area contributed by atoms with E-state index in [1.165, 1.54) is 11.1 Å². The molecule has 0 aliphatic carbocycles. The van der Waals surface area contributed by atoms with Crippen LogP contribution in [0, 0.1) is 0 Å². The Hall–Kier alpha value is -3.15. The van der Waals surface area contributed by atoms with Crippen LogP contribution in [0.5, 0.6) is 0 Å². The molecule has 3 aromatic rings. The molecule has 1 amide bonds. The lowest BCUT2D eigenvalue weighted by atomic mass is 9.82. The van der Waals surface area contributed by atoms with Crippen LogP contribution in [0.4, 0.5) is 4.79 Å². The molecule has 2 fully saturated rings. The van der Waals surface area contributed by atoms with Gasteiger partial charge in [0.15, 0.2) is 0 Å². The predicted octanol–water partition coefficient (Wildman–Crippen LogP) is 4.11. The fraction of sp³-hybridized carbons (Fsp3) is 0.321. The summed E-state index contributed by atoms with van der Waals surface area (Å²) >= 11 is 0. The number of fused-ring (bicyclic) bond motifs is 1. The van der Waals surface area contributed by atoms with Crippen molar-refractivity contribution in [2.24, 2.45) is 0 Å². The average Bonchev–Trinajstić information content (AvgIpc) is 2.89. The van der Waals surface area contributed by atoms with E-state index in [2.05, 4.69) is 70.9 Å². The molecule has 5 rings (SSSR count). The van der Waals surface area contributed by atoms with E-state index in [0.29, 0.717) is 25.7 Å². The van der Waals surface area contributed by atoms with Gasteiger partial charge in [0.05, 0.1) is 0 Å². The zero-order chi connectivity index (χ0) is 22.5. The van der Waals surface area contributed by atoms with Crippen LogP contribution in [0.3, 0.4) is 0 Å². The normalized spacial score (nSPS) is 20.9. The highest BCUT2D eigenvalue weighted by atomic mass is 16.6. The molecule has 0 bridgehead atoms. The average molecular weight is 442 g/mol. The first kappa shape index (κ1) is 21.7. The summed E-state index contributed by atoms with van der Waals surface area (Å²) in [5.41, 5.74) is 3.68. The third kappa shape index (κ3) is 4.95. The molecular weight excluding hydrogens is 410 g/mol. The molecular formula is C28H31N3O2. The number of rotatable bonds is 5. The largest absolute Gasteiger partial charge is 0.445 e. The van der Waals surface area contributed by atoms with Crippen molar-refractivity contribution in [1.82, 2.24) is 15.1 Å². The monoisotopic (exact) mass is 441 g/mol. The first-order chi connectivity index (χ1) is 16.3. The molecule has 0 spiro atoms. The van der Waals surface area contributed by atoms with E-state index in [4.69, 9.17) is 4.74 Å². The van der Waals surface area contributed by atoms with Crippen molar-refractivity contribution in [3.05, 3.63) is 108 Å². The molecule has 2 atom stereocenters. The molecule has 5 nitrogen and oxygen atoms in total. The number of hydrogen-bond donors (Lipinski definition) is 1. The molecule has 3 aromatic carbocycles. The molecule has 170 valence electrons. The summed E-state index contributed by atoms with van der Waals surface area (Å²) < 4.78 is 5.61. The second kappa shape index (κ2) is 10.2. The predicted molar refractivity (Wildman–Crippen MR) is 130 cm³/mol. The molecule has 5 heteroatoms. The first-order valence-electron chi connectivity index (χ1n) is 11.8. The summed E-state index contributed by atoms with van der Waals surface area (Å²) in [4.78, 5) is 17.3. The lowest BCUT2D eigenvalue weighted by Gasteiger charge is -2.50. The molecule has 0 unspecified atom stereocenters. The van der Waals surface area contributed by atoms with E-state index in [0.717, 1.165) is 25.2 Å². The molecule has 0 radical (unpaired) electrons. The summed E-state index contributed by atoms with van der Waals surface area (Å²) in [5, 5.41) is 3.65. The Morgan fingerprint density at radius 1 is 0.848 bits per heavy atom. The number of piperazine rings is 2. The maximum Gasteiger partial charge on any atom is 0.410 e. The number of ether oxygens (including phenoxy) is 1. The molecule has 0 aromatic heterocycles. The van der Waals surface area contributed by atoms with Gasteiger partial charge in [0.25, 0.3) is 0 Å². The van der Waals surface area contributed by atoms with Gasteiger partial charge in [0.2, 0.25) is 0 Å². The van der Waals surface area contributed by atoms with E-state index in [1.807, 2.05) is 35.2 Å². The summed E-state index contributed by atoms with van der Waals surface area (Å²) in [7, 11) is 0. The van der Waals surface area contributed by atoms with Crippen LogP contribution in [-0.4, -0.2) is 60.7 Å². The van der Waals surface area contributed by atoms with Crippen LogP contribution < -0.4 is 5.32 Å². The Balaban J connectivity index is 1.30. The van der Waals surface area contributed by atoms with Gasteiger partial charge in [0.1, 0.15) is 6.61 Å². The van der Waals surface area contributed by atoms with Gasteiger partial charge in [-0.25, -0.2) is 4.79 Å². The minimum atomic E-state index is -0.219. The summed E-state index contributed by atoms with van der Waals surface area (Å²) in [6.07, 6.45) is -0.219. The van der Waals surface area contributed by atoms with Crippen molar-refractivity contribution in [3.63, 3.8) is 0 Å². The van der Waals surface area contributed by atoms with Crippen molar-refractivity contribution >= 4 is 6.09 Å². The van der Waals surface area contributed by atoms with Crippen LogP contribution in [0.25, 0.3) is 0 Å². The summed E-state index contributed by atoms with van der Waals surface area (Å²) in [6.45, 7) is 4.37. The van der Waals surface area contributed by atoms with Crippen molar-refractivity contribution in [2.45, 2.75) is 24.6 Å². The zero-order valence-electron chi connectivity index (χ0n) is 18.8. The quantitative estimate of drug-likeness (QED) is 0.647. The lowest BCUT2D eigenvalue weighted by Crippen LogP contribution is -2.66. The molecule has 2 aliphatic rings. The number of hydrogen-bond acceptors (Lipinski definition) is 4. The number of carbonyl (C=O) groups is 1. The van der Waals surface area contributed by atoms with Crippen molar-refractivity contribution < 1.29 is 9.53 Å². The van der Waals surface area contributed by atoms with Gasteiger partial charge in [-0.15, -0.1) is 0 Å². The third-order valence-electron chi connectivity index (χ3n) is 6.85. The van der Waals surface area contributed by atoms with Crippen molar-refractivity contribution in [2.75, 3.05) is 32.7 Å². The van der Waals surface area contributed by atoms with E-state index >= 15 is 0 Å². The third-order valence-corrected chi connectivity index (χ3v) is 6.85. The van der Waals surface area contributed by atoms with Crippen LogP contribution in [0.15, 0.2) is 91.0 Å². The zero-order valence-corrected chi connectivity index (χ0v) is 18.8.